The molecule has 1 aromatic rings. The smallest absolute Gasteiger partial charge is 0.319 e. The summed E-state index contributed by atoms with van der Waals surface area (Å²) in [6.45, 7) is 0. The van der Waals surface area contributed by atoms with E-state index >= 15 is 0 Å². The standard InChI is InChI=1S/C16H21N3O3S/c1-22-14-5-2-10(15(20)17-11-3-4-11)8-13(14)19-16(21)18-12-6-7-23-9-12/h2,5,8,11-12H,3-4,6-7,9H2,1H3,(H,17,20)(H2,18,19,21)/t12-/m1/s1. The molecule has 1 saturated heterocycles. The molecule has 6 nitrogen and oxygen atoms in total. The number of benzene rings is 1. The van der Waals surface area contributed by atoms with E-state index in [1.807, 2.05) is 11.8 Å². The largest absolute Gasteiger partial charge is 0.495 e. The van der Waals surface area contributed by atoms with Crippen molar-refractivity contribution in [2.75, 3.05) is 23.9 Å². The molecule has 0 radical (unpaired) electrons. The molecule has 7 heteroatoms. The summed E-state index contributed by atoms with van der Waals surface area (Å²) in [7, 11) is 1.54. The van der Waals surface area contributed by atoms with E-state index < -0.39 is 0 Å². The van der Waals surface area contributed by atoms with Crippen molar-refractivity contribution in [1.82, 2.24) is 10.6 Å². The van der Waals surface area contributed by atoms with E-state index in [1.165, 1.54) is 7.11 Å². The van der Waals surface area contributed by atoms with Gasteiger partial charge in [0.05, 0.1) is 12.8 Å². The first-order chi connectivity index (χ1) is 11.2. The van der Waals surface area contributed by atoms with Gasteiger partial charge in [0, 0.05) is 23.4 Å². The summed E-state index contributed by atoms with van der Waals surface area (Å²) in [5, 5.41) is 8.67. The first-order valence-corrected chi connectivity index (χ1v) is 8.95. The van der Waals surface area contributed by atoms with Gasteiger partial charge in [-0.3, -0.25) is 4.79 Å². The van der Waals surface area contributed by atoms with Gasteiger partial charge in [-0.2, -0.15) is 11.8 Å². The molecule has 0 spiro atoms. The first kappa shape index (κ1) is 16.0. The Balaban J connectivity index is 1.67. The molecular weight excluding hydrogens is 314 g/mol. The molecule has 2 fully saturated rings. The monoisotopic (exact) mass is 335 g/mol. The van der Waals surface area contributed by atoms with Crippen LogP contribution in [0.25, 0.3) is 0 Å². The Labute approximate surface area is 139 Å². The van der Waals surface area contributed by atoms with Gasteiger partial charge in [0.25, 0.3) is 5.91 Å². The molecule has 2 aliphatic rings. The van der Waals surface area contributed by atoms with Crippen LogP contribution in [0.3, 0.4) is 0 Å². The number of hydrogen-bond acceptors (Lipinski definition) is 4. The summed E-state index contributed by atoms with van der Waals surface area (Å²) >= 11 is 1.84. The van der Waals surface area contributed by atoms with Crippen molar-refractivity contribution in [2.45, 2.75) is 31.3 Å². The summed E-state index contributed by atoms with van der Waals surface area (Å²) < 4.78 is 5.27. The topological polar surface area (TPSA) is 79.5 Å². The number of ether oxygens (including phenoxy) is 1. The lowest BCUT2D eigenvalue weighted by atomic mass is 10.1. The number of anilines is 1. The number of urea groups is 1. The average Bonchev–Trinajstić information content (AvgIpc) is 3.20. The third kappa shape index (κ3) is 4.31. The molecular formula is C16H21N3O3S. The molecule has 0 aromatic heterocycles. The molecule has 3 N–H and O–H groups in total. The normalized spacial score (nSPS) is 20.0. The molecule has 1 atom stereocenters. The lowest BCUT2D eigenvalue weighted by Crippen LogP contribution is -2.38. The van der Waals surface area contributed by atoms with Crippen LogP contribution in [0.5, 0.6) is 5.75 Å². The summed E-state index contributed by atoms with van der Waals surface area (Å²) in [5.74, 6) is 2.43. The number of methoxy groups -OCH3 is 1. The molecule has 1 saturated carbocycles. The zero-order valence-electron chi connectivity index (χ0n) is 13.1. The Bertz CT molecular complexity index is 598. The Morgan fingerprint density at radius 2 is 2.00 bits per heavy atom. The zero-order valence-corrected chi connectivity index (χ0v) is 13.9. The third-order valence-electron chi connectivity index (χ3n) is 3.89. The van der Waals surface area contributed by atoms with Crippen LogP contribution >= 0.6 is 11.8 Å². The number of thioether (sulfide) groups is 1. The minimum Gasteiger partial charge on any atom is -0.495 e. The number of carbonyl (C=O) groups excluding carboxylic acids is 2. The maximum Gasteiger partial charge on any atom is 0.319 e. The van der Waals surface area contributed by atoms with Gasteiger partial charge in [-0.15, -0.1) is 0 Å². The quantitative estimate of drug-likeness (QED) is 0.771. The Morgan fingerprint density at radius 1 is 1.17 bits per heavy atom. The van der Waals surface area contributed by atoms with E-state index in [-0.39, 0.29) is 18.0 Å². The molecule has 1 aliphatic carbocycles. The lowest BCUT2D eigenvalue weighted by Gasteiger charge is -2.15. The minimum absolute atomic E-state index is 0.120. The molecule has 1 aromatic carbocycles. The number of amides is 3. The van der Waals surface area contributed by atoms with Crippen LogP contribution < -0.4 is 20.7 Å². The molecule has 3 amide bonds. The van der Waals surface area contributed by atoms with Gasteiger partial charge in [0.2, 0.25) is 0 Å². The maximum atomic E-state index is 12.1. The Hall–Kier alpha value is -1.89. The second-order valence-electron chi connectivity index (χ2n) is 5.82. The first-order valence-electron chi connectivity index (χ1n) is 7.80. The van der Waals surface area contributed by atoms with Crippen molar-refractivity contribution in [3.8, 4) is 5.75 Å². The van der Waals surface area contributed by atoms with Gasteiger partial charge >= 0.3 is 6.03 Å². The molecule has 124 valence electrons. The second kappa shape index (κ2) is 7.12. The summed E-state index contributed by atoms with van der Waals surface area (Å²) in [6, 6.07) is 5.28. The molecule has 0 bridgehead atoms. The minimum atomic E-state index is -0.268. The van der Waals surface area contributed by atoms with Gasteiger partial charge < -0.3 is 20.7 Å². The van der Waals surface area contributed by atoms with Crippen LogP contribution in [-0.2, 0) is 0 Å². The SMILES string of the molecule is COc1ccc(C(=O)NC2CC2)cc1NC(=O)N[C@@H]1CCSC1. The molecule has 1 heterocycles. The van der Waals surface area contributed by atoms with Gasteiger partial charge in [0.1, 0.15) is 5.75 Å². The van der Waals surface area contributed by atoms with E-state index in [4.69, 9.17) is 4.74 Å². The Kier molecular flexibility index (Phi) is 4.95. The Morgan fingerprint density at radius 3 is 2.65 bits per heavy atom. The number of rotatable bonds is 5. The van der Waals surface area contributed by atoms with Gasteiger partial charge in [-0.05, 0) is 43.2 Å². The van der Waals surface area contributed by atoms with E-state index in [2.05, 4.69) is 16.0 Å². The molecule has 23 heavy (non-hydrogen) atoms. The van der Waals surface area contributed by atoms with E-state index in [0.29, 0.717) is 23.0 Å². The summed E-state index contributed by atoms with van der Waals surface area (Å²) in [4.78, 5) is 24.2. The fourth-order valence-electron chi connectivity index (χ4n) is 2.44. The fourth-order valence-corrected chi connectivity index (χ4v) is 3.59. The third-order valence-corrected chi connectivity index (χ3v) is 5.05. The zero-order chi connectivity index (χ0) is 16.2. The molecule has 1 aliphatic heterocycles. The summed E-state index contributed by atoms with van der Waals surface area (Å²) in [5.41, 5.74) is 1.02. The highest BCUT2D eigenvalue weighted by molar-refractivity contribution is 7.99. The van der Waals surface area contributed by atoms with E-state index in [1.54, 1.807) is 18.2 Å². The number of nitrogens with one attached hydrogen (secondary N) is 3. The second-order valence-corrected chi connectivity index (χ2v) is 6.97. The van der Waals surface area contributed by atoms with Gasteiger partial charge in [0.15, 0.2) is 0 Å². The van der Waals surface area contributed by atoms with Crippen molar-refractivity contribution in [1.29, 1.82) is 0 Å². The highest BCUT2D eigenvalue weighted by Gasteiger charge is 2.24. The van der Waals surface area contributed by atoms with Gasteiger partial charge in [-0.25, -0.2) is 4.79 Å². The highest BCUT2D eigenvalue weighted by atomic mass is 32.2. The van der Waals surface area contributed by atoms with E-state index in [0.717, 1.165) is 30.8 Å². The molecule has 3 rings (SSSR count). The van der Waals surface area contributed by atoms with E-state index in [9.17, 15) is 9.59 Å². The van der Waals surface area contributed by atoms with Crippen LogP contribution in [-0.4, -0.2) is 42.6 Å². The summed E-state index contributed by atoms with van der Waals surface area (Å²) in [6.07, 6.45) is 3.06. The predicted molar refractivity (Wildman–Crippen MR) is 91.4 cm³/mol. The van der Waals surface area contributed by atoms with Crippen molar-refractivity contribution in [2.24, 2.45) is 0 Å². The average molecular weight is 335 g/mol. The molecule has 0 unspecified atom stereocenters. The van der Waals surface area contributed by atoms with Gasteiger partial charge in [-0.1, -0.05) is 0 Å². The highest BCUT2D eigenvalue weighted by Crippen LogP contribution is 2.27. The van der Waals surface area contributed by atoms with Crippen LogP contribution in [0.15, 0.2) is 18.2 Å². The van der Waals surface area contributed by atoms with Crippen molar-refractivity contribution >= 4 is 29.4 Å². The van der Waals surface area contributed by atoms with Crippen LogP contribution in [0.2, 0.25) is 0 Å². The van der Waals surface area contributed by atoms with Crippen molar-refractivity contribution < 1.29 is 14.3 Å². The van der Waals surface area contributed by atoms with Crippen LogP contribution in [0.1, 0.15) is 29.6 Å². The maximum absolute atomic E-state index is 12.1. The number of carbonyl (C=O) groups is 2. The fraction of sp³-hybridized carbons (Fsp3) is 0.500. The lowest BCUT2D eigenvalue weighted by molar-refractivity contribution is 0.0951. The van der Waals surface area contributed by atoms with Crippen LogP contribution in [0.4, 0.5) is 10.5 Å². The number of hydrogen-bond donors (Lipinski definition) is 3. The van der Waals surface area contributed by atoms with Crippen LogP contribution in [0, 0.1) is 0 Å². The van der Waals surface area contributed by atoms with Crippen molar-refractivity contribution in [3.63, 3.8) is 0 Å². The predicted octanol–water partition coefficient (Wildman–Crippen LogP) is 2.21. The van der Waals surface area contributed by atoms with Crippen molar-refractivity contribution in [3.05, 3.63) is 23.8 Å².